The first-order valence-electron chi connectivity index (χ1n) is 6.52. The van der Waals surface area contributed by atoms with Gasteiger partial charge in [-0.25, -0.2) is 0 Å². The molecule has 1 aromatic rings. The Morgan fingerprint density at radius 1 is 0.882 bits per heavy atom. The molecule has 0 nitrogen and oxygen atoms in total. The fourth-order valence-corrected chi connectivity index (χ4v) is 9.17. The van der Waals surface area contributed by atoms with Crippen molar-refractivity contribution in [2.45, 2.75) is 59.5 Å². The second kappa shape index (κ2) is 5.32. The quantitative estimate of drug-likeness (QED) is 0.746. The molecular weight excluding hydrogens is 283 g/mol. The summed E-state index contributed by atoms with van der Waals surface area (Å²) in [5, 5.41) is 1.67. The molecule has 1 rings (SSSR count). The van der Waals surface area contributed by atoms with E-state index >= 15 is 0 Å². The zero-order valence-electron chi connectivity index (χ0n) is 12.3. The van der Waals surface area contributed by atoms with Crippen molar-refractivity contribution < 1.29 is 0 Å². The van der Waals surface area contributed by atoms with Gasteiger partial charge in [0, 0.05) is 0 Å². The molecule has 0 heterocycles. The van der Waals surface area contributed by atoms with E-state index < -0.39 is 6.54 Å². The number of hydrogen-bond donors (Lipinski definition) is 0. The third-order valence-electron chi connectivity index (χ3n) is 3.84. The fourth-order valence-electron chi connectivity index (χ4n) is 3.06. The summed E-state index contributed by atoms with van der Waals surface area (Å²) >= 11 is 3.10. The van der Waals surface area contributed by atoms with E-state index in [9.17, 15) is 0 Å². The monoisotopic (exact) mass is 308 g/mol. The Kier molecular flexibility index (Phi) is 4.71. The number of aryl methyl sites for hydroxylation is 3. The summed E-state index contributed by atoms with van der Waals surface area (Å²) in [6.45, 7) is 14.9. The zero-order valence-corrected chi connectivity index (χ0v) is 15.1. The van der Waals surface area contributed by atoms with Crippen molar-refractivity contribution >= 4 is 27.9 Å². The molecule has 17 heavy (non-hydrogen) atoms. The van der Waals surface area contributed by atoms with Crippen LogP contribution in [0, 0.1) is 20.8 Å². The molecule has 0 atom stereocenters. The summed E-state index contributed by atoms with van der Waals surface area (Å²) in [7, 11) is 0. The summed E-state index contributed by atoms with van der Waals surface area (Å²) in [4.78, 5) is 0. The molecule has 0 aliphatic carbocycles. The third-order valence-corrected chi connectivity index (χ3v) is 16.9. The van der Waals surface area contributed by atoms with Gasteiger partial charge >= 0.3 is 116 Å². The van der Waals surface area contributed by atoms with Crippen molar-refractivity contribution in [2.24, 2.45) is 0 Å². The zero-order chi connectivity index (χ0) is 13.4. The van der Waals surface area contributed by atoms with Gasteiger partial charge in [0.2, 0.25) is 0 Å². The first-order chi connectivity index (χ1) is 7.71. The van der Waals surface area contributed by atoms with Gasteiger partial charge in [-0.2, -0.15) is 0 Å². The molecule has 2 radical (unpaired) electrons. The van der Waals surface area contributed by atoms with Crippen LogP contribution in [0.3, 0.4) is 0 Å². The van der Waals surface area contributed by atoms with Gasteiger partial charge < -0.3 is 0 Å². The topological polar surface area (TPSA) is 0 Å². The van der Waals surface area contributed by atoms with Crippen LogP contribution in [0.25, 0.3) is 0 Å². The van der Waals surface area contributed by atoms with Crippen LogP contribution in [0.1, 0.15) is 44.4 Å². The maximum atomic E-state index is 3.10. The molecule has 0 saturated heterocycles. The van der Waals surface area contributed by atoms with Gasteiger partial charge in [0.1, 0.15) is 0 Å². The van der Waals surface area contributed by atoms with E-state index in [-0.39, 0.29) is 0 Å². The number of rotatable bonds is 3. The van der Waals surface area contributed by atoms with Crippen LogP contribution in [0.15, 0.2) is 12.1 Å². The molecule has 0 spiro atoms. The summed E-state index contributed by atoms with van der Waals surface area (Å²) in [6.07, 6.45) is 0. The van der Waals surface area contributed by atoms with Gasteiger partial charge in [0.05, 0.1) is 0 Å². The minimum atomic E-state index is -1.45. The Bertz CT molecular complexity index is 376. The molecule has 1 aromatic carbocycles. The van der Waals surface area contributed by atoms with Crippen molar-refractivity contribution in [1.82, 2.24) is 0 Å². The van der Waals surface area contributed by atoms with Crippen LogP contribution < -0.4 is 5.19 Å². The van der Waals surface area contributed by atoms with Crippen LogP contribution in [-0.4, -0.2) is 22.7 Å². The number of hydrogen-bond acceptors (Lipinski definition) is 0. The van der Waals surface area contributed by atoms with Gasteiger partial charge in [0.15, 0.2) is 0 Å². The van der Waals surface area contributed by atoms with Gasteiger partial charge in [-0.15, -0.1) is 0 Å². The van der Waals surface area contributed by atoms with Crippen molar-refractivity contribution in [3.63, 3.8) is 0 Å². The van der Waals surface area contributed by atoms with Crippen LogP contribution in [0.4, 0.5) is 0 Å². The molecule has 94 valence electrons. The van der Waals surface area contributed by atoms with Gasteiger partial charge in [-0.05, 0) is 0 Å². The van der Waals surface area contributed by atoms with E-state index in [1.165, 1.54) is 16.7 Å². The Morgan fingerprint density at radius 2 is 1.24 bits per heavy atom. The Hall–Kier alpha value is -0.00468. The van der Waals surface area contributed by atoms with Crippen LogP contribution in [-0.2, 0) is 0 Å². The SMILES string of the molecule is Cc1cc(C)c([Si]([As])(C(C)C)C(C)C)c(C)c1. The van der Waals surface area contributed by atoms with E-state index in [4.69, 9.17) is 0 Å². The summed E-state index contributed by atoms with van der Waals surface area (Å²) in [6, 6.07) is 4.70. The van der Waals surface area contributed by atoms with Crippen molar-refractivity contribution in [2.75, 3.05) is 0 Å². The molecular formula is C15H25AsSi. The summed E-state index contributed by atoms with van der Waals surface area (Å²) < 4.78 is 0. The Morgan fingerprint density at radius 3 is 1.53 bits per heavy atom. The van der Waals surface area contributed by atoms with E-state index in [1.807, 2.05) is 0 Å². The fraction of sp³-hybridized carbons (Fsp3) is 0.600. The van der Waals surface area contributed by atoms with Crippen molar-refractivity contribution in [1.29, 1.82) is 0 Å². The van der Waals surface area contributed by atoms with E-state index in [0.717, 1.165) is 11.1 Å². The van der Waals surface area contributed by atoms with E-state index in [1.54, 1.807) is 5.19 Å². The molecule has 0 aliphatic rings. The molecule has 0 saturated carbocycles. The molecule has 0 aliphatic heterocycles. The summed E-state index contributed by atoms with van der Waals surface area (Å²) in [5.41, 5.74) is 5.92. The van der Waals surface area contributed by atoms with E-state index in [0.29, 0.717) is 0 Å². The first kappa shape index (κ1) is 15.1. The van der Waals surface area contributed by atoms with Crippen LogP contribution >= 0.6 is 0 Å². The number of benzene rings is 1. The summed E-state index contributed by atoms with van der Waals surface area (Å²) in [5.74, 6) is 0. The van der Waals surface area contributed by atoms with Gasteiger partial charge in [-0.1, -0.05) is 0 Å². The first-order valence-corrected chi connectivity index (χ1v) is 11.4. The van der Waals surface area contributed by atoms with E-state index in [2.05, 4.69) is 76.8 Å². The Labute approximate surface area is 116 Å². The molecule has 0 aromatic heterocycles. The Balaban J connectivity index is 3.50. The predicted octanol–water partition coefficient (Wildman–Crippen LogP) is 3.75. The second-order valence-corrected chi connectivity index (χ2v) is 15.0. The predicted molar refractivity (Wildman–Crippen MR) is 82.0 cm³/mol. The van der Waals surface area contributed by atoms with Crippen molar-refractivity contribution in [3.8, 4) is 0 Å². The second-order valence-electron chi connectivity index (χ2n) is 5.91. The third kappa shape index (κ3) is 2.71. The normalized spacial score (nSPS) is 12.6. The minimum absolute atomic E-state index is 0.766. The molecule has 2 heteroatoms. The standard InChI is InChI=1S/C15H25AsSi/c1-10(2)17(16,11(3)4)15-13(6)8-12(5)9-14(15)7/h8-11H,1-7H3. The molecule has 0 unspecified atom stereocenters. The average molecular weight is 308 g/mol. The molecule has 0 bridgehead atoms. The van der Waals surface area contributed by atoms with Gasteiger partial charge in [0.25, 0.3) is 0 Å². The van der Waals surface area contributed by atoms with Crippen LogP contribution in [0.5, 0.6) is 0 Å². The molecule has 0 N–H and O–H groups in total. The average Bonchev–Trinajstić information content (AvgIpc) is 2.14. The molecule has 0 fully saturated rings. The van der Waals surface area contributed by atoms with Gasteiger partial charge in [-0.3, -0.25) is 0 Å². The van der Waals surface area contributed by atoms with Crippen LogP contribution in [0.2, 0.25) is 11.1 Å². The maximum absolute atomic E-state index is 3.10. The van der Waals surface area contributed by atoms with Crippen molar-refractivity contribution in [3.05, 3.63) is 28.8 Å². The molecule has 0 amide bonds.